The number of sulfonamides is 1. The van der Waals surface area contributed by atoms with E-state index in [-0.39, 0.29) is 12.5 Å². The smallest absolute Gasteiger partial charge is 0.248 e. The van der Waals surface area contributed by atoms with E-state index < -0.39 is 15.3 Å². The summed E-state index contributed by atoms with van der Waals surface area (Å²) in [6, 6.07) is 0. The highest BCUT2D eigenvalue weighted by Crippen LogP contribution is 2.15. The first kappa shape index (κ1) is 12.4. The standard InChI is InChI=1S/C8H16N2O4S/c1-14-6-8(11)10-4-2-7(3-5-10)15(9,12)13/h7H,2-6H2,1H3,(H2,9,12,13). The highest BCUT2D eigenvalue weighted by molar-refractivity contribution is 7.89. The highest BCUT2D eigenvalue weighted by atomic mass is 32.2. The lowest BCUT2D eigenvalue weighted by Gasteiger charge is -2.30. The van der Waals surface area contributed by atoms with Gasteiger partial charge in [-0.1, -0.05) is 0 Å². The van der Waals surface area contributed by atoms with Gasteiger partial charge < -0.3 is 9.64 Å². The van der Waals surface area contributed by atoms with E-state index in [0.717, 1.165) is 0 Å². The maximum atomic E-state index is 11.4. The molecule has 0 atom stereocenters. The summed E-state index contributed by atoms with van der Waals surface area (Å²) in [7, 11) is -2.00. The number of rotatable bonds is 3. The average molecular weight is 236 g/mol. The summed E-state index contributed by atoms with van der Waals surface area (Å²) in [5.41, 5.74) is 0. The van der Waals surface area contributed by atoms with Gasteiger partial charge in [0, 0.05) is 20.2 Å². The third-order valence-electron chi connectivity index (χ3n) is 2.53. The predicted octanol–water partition coefficient (Wildman–Crippen LogP) is -1.09. The van der Waals surface area contributed by atoms with Crippen molar-refractivity contribution in [2.24, 2.45) is 5.14 Å². The van der Waals surface area contributed by atoms with Crippen LogP contribution in [-0.2, 0) is 19.6 Å². The van der Waals surface area contributed by atoms with Gasteiger partial charge in [0.15, 0.2) is 0 Å². The Bertz CT molecular complexity index is 320. The number of primary sulfonamides is 1. The van der Waals surface area contributed by atoms with Crippen LogP contribution in [0.5, 0.6) is 0 Å². The monoisotopic (exact) mass is 236 g/mol. The Labute approximate surface area is 89.4 Å². The van der Waals surface area contributed by atoms with Crippen molar-refractivity contribution in [3.8, 4) is 0 Å². The maximum absolute atomic E-state index is 11.4. The van der Waals surface area contributed by atoms with Gasteiger partial charge in [0.2, 0.25) is 15.9 Å². The molecule has 2 N–H and O–H groups in total. The molecule has 1 fully saturated rings. The molecule has 0 spiro atoms. The lowest BCUT2D eigenvalue weighted by atomic mass is 10.1. The number of hydrogen-bond donors (Lipinski definition) is 1. The molecule has 0 bridgehead atoms. The molecule has 88 valence electrons. The van der Waals surface area contributed by atoms with Gasteiger partial charge in [-0.25, -0.2) is 13.6 Å². The molecule has 1 saturated heterocycles. The van der Waals surface area contributed by atoms with Crippen molar-refractivity contribution in [1.29, 1.82) is 0 Å². The van der Waals surface area contributed by atoms with Crippen LogP contribution in [0.25, 0.3) is 0 Å². The molecule has 1 amide bonds. The van der Waals surface area contributed by atoms with Gasteiger partial charge in [0.25, 0.3) is 0 Å². The largest absolute Gasteiger partial charge is 0.375 e. The first-order valence-corrected chi connectivity index (χ1v) is 6.34. The van der Waals surface area contributed by atoms with Gasteiger partial charge in [0.1, 0.15) is 6.61 Å². The average Bonchev–Trinajstić information content (AvgIpc) is 2.17. The topological polar surface area (TPSA) is 89.7 Å². The van der Waals surface area contributed by atoms with Crippen LogP contribution in [0.4, 0.5) is 0 Å². The molecular weight excluding hydrogens is 220 g/mol. The first-order chi connectivity index (χ1) is 6.95. The van der Waals surface area contributed by atoms with Crippen LogP contribution in [0.15, 0.2) is 0 Å². The van der Waals surface area contributed by atoms with E-state index >= 15 is 0 Å². The molecule has 0 aromatic heterocycles. The number of carbonyl (C=O) groups excluding carboxylic acids is 1. The molecule has 1 heterocycles. The Morgan fingerprint density at radius 3 is 2.40 bits per heavy atom. The molecule has 6 nitrogen and oxygen atoms in total. The minimum Gasteiger partial charge on any atom is -0.375 e. The second-order valence-corrected chi connectivity index (χ2v) is 5.45. The fourth-order valence-corrected chi connectivity index (χ4v) is 2.52. The summed E-state index contributed by atoms with van der Waals surface area (Å²) in [6.45, 7) is 0.909. The van der Waals surface area contributed by atoms with E-state index in [9.17, 15) is 13.2 Å². The minimum atomic E-state index is -3.46. The van der Waals surface area contributed by atoms with E-state index in [1.54, 1.807) is 4.90 Å². The fourth-order valence-electron chi connectivity index (χ4n) is 1.65. The zero-order valence-corrected chi connectivity index (χ0v) is 9.50. The lowest BCUT2D eigenvalue weighted by Crippen LogP contribution is -2.45. The van der Waals surface area contributed by atoms with Crippen molar-refractivity contribution in [1.82, 2.24) is 4.90 Å². The SMILES string of the molecule is COCC(=O)N1CCC(S(N)(=O)=O)CC1. The number of piperidine rings is 1. The van der Waals surface area contributed by atoms with Crippen molar-refractivity contribution >= 4 is 15.9 Å². The van der Waals surface area contributed by atoms with Crippen LogP contribution >= 0.6 is 0 Å². The quantitative estimate of drug-likeness (QED) is 0.674. The van der Waals surface area contributed by atoms with Crippen molar-refractivity contribution in [3.63, 3.8) is 0 Å². The summed E-state index contributed by atoms with van der Waals surface area (Å²) in [5, 5.41) is 4.52. The number of likely N-dealkylation sites (tertiary alicyclic amines) is 1. The Hall–Kier alpha value is -0.660. The molecule has 15 heavy (non-hydrogen) atoms. The van der Waals surface area contributed by atoms with Gasteiger partial charge in [0.05, 0.1) is 5.25 Å². The Morgan fingerprint density at radius 2 is 2.00 bits per heavy atom. The molecule has 7 heteroatoms. The van der Waals surface area contributed by atoms with E-state index in [0.29, 0.717) is 25.9 Å². The summed E-state index contributed by atoms with van der Waals surface area (Å²) in [6.07, 6.45) is 0.822. The van der Waals surface area contributed by atoms with Crippen LogP contribution in [-0.4, -0.2) is 51.3 Å². The third-order valence-corrected chi connectivity index (χ3v) is 3.93. The number of amides is 1. The second-order valence-electron chi connectivity index (χ2n) is 3.60. The molecule has 1 rings (SSSR count). The van der Waals surface area contributed by atoms with Crippen LogP contribution < -0.4 is 5.14 Å². The van der Waals surface area contributed by atoms with E-state index in [2.05, 4.69) is 0 Å². The van der Waals surface area contributed by atoms with Crippen molar-refractivity contribution < 1.29 is 17.9 Å². The molecule has 0 aromatic carbocycles. The Balaban J connectivity index is 2.46. The molecule has 0 aromatic rings. The molecule has 0 saturated carbocycles. The number of nitrogens with zero attached hydrogens (tertiary/aromatic N) is 1. The van der Waals surface area contributed by atoms with Crippen molar-refractivity contribution in [3.05, 3.63) is 0 Å². The third kappa shape index (κ3) is 3.44. The van der Waals surface area contributed by atoms with Crippen LogP contribution in [0, 0.1) is 0 Å². The van der Waals surface area contributed by atoms with Crippen LogP contribution in [0.1, 0.15) is 12.8 Å². The summed E-state index contributed by atoms with van der Waals surface area (Å²) >= 11 is 0. The minimum absolute atomic E-state index is 0.0417. The zero-order chi connectivity index (χ0) is 11.5. The first-order valence-electron chi connectivity index (χ1n) is 4.73. The normalized spacial score (nSPS) is 19.2. The van der Waals surface area contributed by atoms with E-state index in [4.69, 9.17) is 9.88 Å². The zero-order valence-electron chi connectivity index (χ0n) is 8.68. The molecule has 1 aliphatic heterocycles. The maximum Gasteiger partial charge on any atom is 0.248 e. The van der Waals surface area contributed by atoms with Crippen LogP contribution in [0.2, 0.25) is 0 Å². The predicted molar refractivity (Wildman–Crippen MR) is 54.6 cm³/mol. The molecule has 0 aliphatic carbocycles. The summed E-state index contributed by atoms with van der Waals surface area (Å²) < 4.78 is 26.8. The number of carbonyl (C=O) groups is 1. The number of ether oxygens (including phenoxy) is 1. The molecule has 0 unspecified atom stereocenters. The van der Waals surface area contributed by atoms with Gasteiger partial charge in [-0.2, -0.15) is 0 Å². The van der Waals surface area contributed by atoms with E-state index in [1.807, 2.05) is 0 Å². The number of methoxy groups -OCH3 is 1. The highest BCUT2D eigenvalue weighted by Gasteiger charge is 2.28. The van der Waals surface area contributed by atoms with Gasteiger partial charge in [-0.15, -0.1) is 0 Å². The fraction of sp³-hybridized carbons (Fsp3) is 0.875. The van der Waals surface area contributed by atoms with Crippen molar-refractivity contribution in [2.45, 2.75) is 18.1 Å². The summed E-state index contributed by atoms with van der Waals surface area (Å²) in [4.78, 5) is 13.0. The summed E-state index contributed by atoms with van der Waals surface area (Å²) in [5.74, 6) is -0.106. The van der Waals surface area contributed by atoms with Crippen LogP contribution in [0.3, 0.4) is 0 Å². The van der Waals surface area contributed by atoms with Gasteiger partial charge in [-0.3, -0.25) is 4.79 Å². The molecular formula is C8H16N2O4S. The van der Waals surface area contributed by atoms with Gasteiger partial charge in [-0.05, 0) is 12.8 Å². The second kappa shape index (κ2) is 4.91. The number of hydrogen-bond acceptors (Lipinski definition) is 4. The Kier molecular flexibility index (Phi) is 4.06. The van der Waals surface area contributed by atoms with Gasteiger partial charge >= 0.3 is 0 Å². The van der Waals surface area contributed by atoms with Crippen molar-refractivity contribution in [2.75, 3.05) is 26.8 Å². The Morgan fingerprint density at radius 1 is 1.47 bits per heavy atom. The lowest BCUT2D eigenvalue weighted by molar-refractivity contribution is -0.135. The molecule has 0 radical (unpaired) electrons. The van der Waals surface area contributed by atoms with E-state index in [1.165, 1.54) is 7.11 Å². The molecule has 1 aliphatic rings. The number of nitrogens with two attached hydrogens (primary N) is 1.